The maximum atomic E-state index is 9.27. The van der Waals surface area contributed by atoms with E-state index in [1.54, 1.807) is 18.2 Å². The molecule has 3 nitrogen and oxygen atoms in total. The van der Waals surface area contributed by atoms with Gasteiger partial charge >= 0.3 is 0 Å². The lowest BCUT2D eigenvalue weighted by molar-refractivity contribution is 0.373. The van der Waals surface area contributed by atoms with E-state index in [0.717, 1.165) is 6.21 Å². The molecule has 0 heterocycles. The summed E-state index contributed by atoms with van der Waals surface area (Å²) in [5.41, 5.74) is 0.351. The molecule has 0 unspecified atom stereocenters. The Morgan fingerprint density at radius 2 is 2.27 bits per heavy atom. The molecule has 0 aliphatic rings. The van der Waals surface area contributed by atoms with Crippen molar-refractivity contribution in [2.75, 3.05) is 7.11 Å². The normalized spacial score (nSPS) is 9.18. The van der Waals surface area contributed by atoms with E-state index in [-0.39, 0.29) is 5.75 Å². The fourth-order valence-electron chi connectivity index (χ4n) is 0.808. The highest BCUT2D eigenvalue weighted by Crippen LogP contribution is 2.27. The smallest absolute Gasteiger partial charge is 0.166 e. The van der Waals surface area contributed by atoms with Crippen LogP contribution in [0.5, 0.6) is 11.5 Å². The summed E-state index contributed by atoms with van der Waals surface area (Å²) in [6.07, 6.45) is 0.831. The molecule has 0 aromatic heterocycles. The molecule has 1 N–H and O–H groups in total. The second-order valence-electron chi connectivity index (χ2n) is 2.03. The Morgan fingerprint density at radius 3 is 2.82 bits per heavy atom. The number of para-hydroxylation sites is 1. The quantitative estimate of drug-likeness (QED) is 0.628. The monoisotopic (exact) mass is 150 g/mol. The lowest BCUT2D eigenvalue weighted by atomic mass is 10.2. The summed E-state index contributed by atoms with van der Waals surface area (Å²) in [7, 11) is 1.45. The number of phenolic OH excluding ortho intramolecular Hbond substituents is 1. The SMILES string of the molecule is COc1cccc(C=[N])c1O. The zero-order valence-electron chi connectivity index (χ0n) is 6.11. The van der Waals surface area contributed by atoms with E-state index in [1.807, 2.05) is 0 Å². The van der Waals surface area contributed by atoms with E-state index in [4.69, 9.17) is 10.1 Å². The second kappa shape index (κ2) is 3.05. The second-order valence-corrected chi connectivity index (χ2v) is 2.03. The van der Waals surface area contributed by atoms with Crippen molar-refractivity contribution >= 4 is 6.21 Å². The molecule has 3 heteroatoms. The number of nitrogens with zero attached hydrogens (tertiary/aromatic N) is 1. The number of methoxy groups -OCH3 is 1. The van der Waals surface area contributed by atoms with Crippen molar-refractivity contribution in [1.82, 2.24) is 5.41 Å². The molecule has 1 radical (unpaired) electrons. The molecule has 0 aliphatic heterocycles. The van der Waals surface area contributed by atoms with Gasteiger partial charge in [-0.1, -0.05) is 6.07 Å². The van der Waals surface area contributed by atoms with E-state index in [9.17, 15) is 5.11 Å². The van der Waals surface area contributed by atoms with Crippen molar-refractivity contribution in [2.45, 2.75) is 0 Å². The lowest BCUT2D eigenvalue weighted by Gasteiger charge is -2.03. The first-order valence-electron chi connectivity index (χ1n) is 3.13. The van der Waals surface area contributed by atoms with Gasteiger partial charge in [0.1, 0.15) is 0 Å². The van der Waals surface area contributed by atoms with Crippen molar-refractivity contribution in [1.29, 1.82) is 0 Å². The fraction of sp³-hybridized carbons (Fsp3) is 0.125. The minimum absolute atomic E-state index is 0.0440. The van der Waals surface area contributed by atoms with Gasteiger partial charge in [0.25, 0.3) is 0 Å². The van der Waals surface area contributed by atoms with Gasteiger partial charge in [-0.2, -0.15) is 5.41 Å². The number of aromatic hydroxyl groups is 1. The molecule has 0 bridgehead atoms. The van der Waals surface area contributed by atoms with Crippen LogP contribution in [0.15, 0.2) is 18.2 Å². The Kier molecular flexibility index (Phi) is 2.11. The molecule has 1 aromatic carbocycles. The molecule has 0 saturated heterocycles. The molecular formula is C8H8NO2. The van der Waals surface area contributed by atoms with Crippen LogP contribution in [0, 0.1) is 0 Å². The summed E-state index contributed by atoms with van der Waals surface area (Å²) in [5.74, 6) is 0.310. The van der Waals surface area contributed by atoms with Gasteiger partial charge < -0.3 is 9.84 Å². The van der Waals surface area contributed by atoms with Crippen LogP contribution in [0.4, 0.5) is 0 Å². The average Bonchev–Trinajstić information content (AvgIpc) is 2.05. The topological polar surface area (TPSA) is 51.8 Å². The predicted octanol–water partition coefficient (Wildman–Crippen LogP) is 0.620. The highest BCUT2D eigenvalue weighted by atomic mass is 16.5. The van der Waals surface area contributed by atoms with E-state index in [2.05, 4.69) is 0 Å². The largest absolute Gasteiger partial charge is 0.504 e. The minimum Gasteiger partial charge on any atom is -0.504 e. The highest BCUT2D eigenvalue weighted by Gasteiger charge is 2.03. The molecule has 0 aliphatic carbocycles. The first-order valence-corrected chi connectivity index (χ1v) is 3.13. The lowest BCUT2D eigenvalue weighted by Crippen LogP contribution is -1.87. The fourth-order valence-corrected chi connectivity index (χ4v) is 0.808. The Labute approximate surface area is 64.8 Å². The third-order valence-electron chi connectivity index (χ3n) is 1.39. The van der Waals surface area contributed by atoms with Crippen LogP contribution in [0.3, 0.4) is 0 Å². The van der Waals surface area contributed by atoms with Crippen molar-refractivity contribution in [3.05, 3.63) is 23.8 Å². The van der Waals surface area contributed by atoms with Crippen molar-refractivity contribution in [3.63, 3.8) is 0 Å². The van der Waals surface area contributed by atoms with Gasteiger partial charge in [-0.15, -0.1) is 0 Å². The van der Waals surface area contributed by atoms with Crippen molar-refractivity contribution in [3.8, 4) is 11.5 Å². The molecule has 1 rings (SSSR count). The number of hydrogen-bond donors (Lipinski definition) is 1. The van der Waals surface area contributed by atoms with Gasteiger partial charge in [-0.3, -0.25) is 0 Å². The molecule has 11 heavy (non-hydrogen) atoms. The van der Waals surface area contributed by atoms with Gasteiger partial charge in [0.2, 0.25) is 0 Å². The molecule has 0 amide bonds. The number of ether oxygens (including phenoxy) is 1. The highest BCUT2D eigenvalue weighted by molar-refractivity contribution is 5.83. The van der Waals surface area contributed by atoms with Crippen LogP contribution in [-0.2, 0) is 0 Å². The molecule has 0 atom stereocenters. The maximum Gasteiger partial charge on any atom is 0.166 e. The number of hydrogen-bond acceptors (Lipinski definition) is 2. The standard InChI is InChI=1S/C8H8NO2/c1-11-7-4-2-3-6(5-9)8(7)10/h2-5,10H,1H3. The van der Waals surface area contributed by atoms with E-state index >= 15 is 0 Å². The van der Waals surface area contributed by atoms with Gasteiger partial charge in [0.15, 0.2) is 11.5 Å². The summed E-state index contributed by atoms with van der Waals surface area (Å²) in [4.78, 5) is 0. The van der Waals surface area contributed by atoms with Crippen LogP contribution in [0.25, 0.3) is 0 Å². The van der Waals surface area contributed by atoms with Crippen LogP contribution in [0.1, 0.15) is 5.56 Å². The number of rotatable bonds is 2. The predicted molar refractivity (Wildman–Crippen MR) is 42.0 cm³/mol. The summed E-state index contributed by atoms with van der Waals surface area (Å²) in [5, 5.41) is 17.9. The van der Waals surface area contributed by atoms with Crippen molar-refractivity contribution in [2.24, 2.45) is 0 Å². The Hall–Kier alpha value is -1.51. The van der Waals surface area contributed by atoms with Crippen LogP contribution < -0.4 is 10.1 Å². The number of benzene rings is 1. The first-order chi connectivity index (χ1) is 5.29. The van der Waals surface area contributed by atoms with Gasteiger partial charge in [0.05, 0.1) is 13.3 Å². The third-order valence-corrected chi connectivity index (χ3v) is 1.39. The summed E-state index contributed by atoms with van der Waals surface area (Å²) in [6.45, 7) is 0. The molecular weight excluding hydrogens is 142 g/mol. The zero-order valence-corrected chi connectivity index (χ0v) is 6.11. The molecule has 57 valence electrons. The Bertz CT molecular complexity index is 271. The summed E-state index contributed by atoms with van der Waals surface area (Å²) < 4.78 is 4.81. The molecule has 1 aromatic rings. The first kappa shape index (κ1) is 7.60. The van der Waals surface area contributed by atoms with Crippen molar-refractivity contribution < 1.29 is 9.84 Å². The van der Waals surface area contributed by atoms with Crippen LogP contribution in [-0.4, -0.2) is 18.4 Å². The summed E-state index contributed by atoms with van der Waals surface area (Å²) >= 11 is 0. The van der Waals surface area contributed by atoms with Crippen LogP contribution in [0.2, 0.25) is 0 Å². The van der Waals surface area contributed by atoms with E-state index < -0.39 is 0 Å². The Balaban J connectivity index is 3.20. The molecule has 0 saturated carbocycles. The van der Waals surface area contributed by atoms with E-state index in [1.165, 1.54) is 7.11 Å². The molecule has 0 fully saturated rings. The number of phenols is 1. The summed E-state index contributed by atoms with van der Waals surface area (Å²) in [6, 6.07) is 4.88. The average molecular weight is 150 g/mol. The minimum atomic E-state index is -0.0440. The zero-order chi connectivity index (χ0) is 8.27. The third kappa shape index (κ3) is 1.32. The molecule has 0 spiro atoms. The van der Waals surface area contributed by atoms with Gasteiger partial charge in [0, 0.05) is 5.56 Å². The van der Waals surface area contributed by atoms with Crippen LogP contribution >= 0.6 is 0 Å². The van der Waals surface area contributed by atoms with Gasteiger partial charge in [-0.25, -0.2) is 0 Å². The maximum absolute atomic E-state index is 9.27. The van der Waals surface area contributed by atoms with E-state index in [0.29, 0.717) is 11.3 Å². The Morgan fingerprint density at radius 1 is 1.55 bits per heavy atom. The van der Waals surface area contributed by atoms with Gasteiger partial charge in [-0.05, 0) is 12.1 Å².